The van der Waals surface area contributed by atoms with Gasteiger partial charge in [0.25, 0.3) is 5.91 Å². The number of carbonyl (C=O) groups excluding carboxylic acids is 1. The maximum atomic E-state index is 12.2. The number of rotatable bonds is 3. The van der Waals surface area contributed by atoms with Crippen LogP contribution in [0.25, 0.3) is 0 Å². The van der Waals surface area contributed by atoms with E-state index in [0.717, 1.165) is 6.42 Å². The van der Waals surface area contributed by atoms with Crippen molar-refractivity contribution in [2.75, 3.05) is 7.11 Å². The number of fused-ring (bicyclic) bond motifs is 3. The average Bonchev–Trinajstić information content (AvgIpc) is 3.04. The molecule has 1 N–H and O–H groups in total. The second-order valence-corrected chi connectivity index (χ2v) is 5.55. The molecule has 4 rings (SSSR count). The lowest BCUT2D eigenvalue weighted by molar-refractivity contribution is 0.0942. The Morgan fingerprint density at radius 1 is 1.24 bits per heavy atom. The summed E-state index contributed by atoms with van der Waals surface area (Å²) in [7, 11) is 1.52. The van der Waals surface area contributed by atoms with Crippen molar-refractivity contribution in [2.45, 2.75) is 18.4 Å². The Bertz CT molecular complexity index is 699. The normalized spacial score (nSPS) is 24.9. The number of benzene rings is 1. The molecule has 5 heteroatoms. The van der Waals surface area contributed by atoms with Crippen molar-refractivity contribution < 1.29 is 9.53 Å². The molecule has 0 bridgehead atoms. The van der Waals surface area contributed by atoms with Crippen molar-refractivity contribution >= 4 is 5.91 Å². The molecule has 1 fully saturated rings. The maximum absolute atomic E-state index is 12.2. The zero-order valence-electron chi connectivity index (χ0n) is 11.6. The van der Waals surface area contributed by atoms with E-state index in [1.807, 2.05) is 0 Å². The van der Waals surface area contributed by atoms with Gasteiger partial charge in [-0.05, 0) is 29.5 Å². The Morgan fingerprint density at radius 2 is 2.10 bits per heavy atom. The summed E-state index contributed by atoms with van der Waals surface area (Å²) < 4.78 is 4.94. The van der Waals surface area contributed by atoms with Crippen LogP contribution in [0, 0.1) is 5.92 Å². The minimum atomic E-state index is -0.165. The first kappa shape index (κ1) is 12.3. The smallest absolute Gasteiger partial charge is 0.272 e. The van der Waals surface area contributed by atoms with E-state index in [1.165, 1.54) is 18.2 Å². The van der Waals surface area contributed by atoms with Gasteiger partial charge in [0.2, 0.25) is 5.88 Å². The Hall–Kier alpha value is -2.43. The fourth-order valence-electron chi connectivity index (χ4n) is 3.32. The van der Waals surface area contributed by atoms with Crippen LogP contribution in [-0.4, -0.2) is 29.3 Å². The fraction of sp³-hybridized carbons (Fsp3) is 0.312. The minimum absolute atomic E-state index is 0.165. The van der Waals surface area contributed by atoms with Gasteiger partial charge in [-0.1, -0.05) is 24.3 Å². The Morgan fingerprint density at radius 3 is 2.86 bits per heavy atom. The number of hydrogen-bond acceptors (Lipinski definition) is 4. The molecule has 0 spiro atoms. The summed E-state index contributed by atoms with van der Waals surface area (Å²) in [6.07, 6.45) is 1.06. The molecule has 106 valence electrons. The van der Waals surface area contributed by atoms with Gasteiger partial charge in [0.05, 0.1) is 7.11 Å². The van der Waals surface area contributed by atoms with Crippen LogP contribution in [0.3, 0.4) is 0 Å². The van der Waals surface area contributed by atoms with E-state index < -0.39 is 0 Å². The molecule has 1 heterocycles. The Balaban J connectivity index is 1.45. The van der Waals surface area contributed by atoms with Gasteiger partial charge in [-0.2, -0.15) is 0 Å². The van der Waals surface area contributed by atoms with Crippen molar-refractivity contribution in [1.82, 2.24) is 15.5 Å². The van der Waals surface area contributed by atoms with Crippen molar-refractivity contribution in [3.8, 4) is 5.88 Å². The first-order chi connectivity index (χ1) is 10.3. The lowest BCUT2D eigenvalue weighted by Crippen LogP contribution is -2.29. The van der Waals surface area contributed by atoms with Gasteiger partial charge >= 0.3 is 0 Å². The number of carbonyl (C=O) groups is 1. The number of methoxy groups -OCH3 is 1. The van der Waals surface area contributed by atoms with Gasteiger partial charge in [0, 0.05) is 18.0 Å². The van der Waals surface area contributed by atoms with Crippen LogP contribution in [0.5, 0.6) is 5.88 Å². The van der Waals surface area contributed by atoms with E-state index in [4.69, 9.17) is 4.74 Å². The number of amides is 1. The molecule has 1 saturated carbocycles. The Labute approximate surface area is 122 Å². The van der Waals surface area contributed by atoms with Crippen LogP contribution in [0.15, 0.2) is 36.4 Å². The topological polar surface area (TPSA) is 64.1 Å². The average molecular weight is 281 g/mol. The van der Waals surface area contributed by atoms with Gasteiger partial charge in [-0.15, -0.1) is 10.2 Å². The minimum Gasteiger partial charge on any atom is -0.480 e. The first-order valence-electron chi connectivity index (χ1n) is 7.04. The van der Waals surface area contributed by atoms with Crippen LogP contribution in [-0.2, 0) is 6.42 Å². The lowest BCUT2D eigenvalue weighted by atomic mass is 10.1. The lowest BCUT2D eigenvalue weighted by Gasteiger charge is -2.09. The van der Waals surface area contributed by atoms with E-state index in [9.17, 15) is 4.79 Å². The highest BCUT2D eigenvalue weighted by molar-refractivity contribution is 5.92. The first-order valence-corrected chi connectivity index (χ1v) is 7.04. The van der Waals surface area contributed by atoms with Crippen molar-refractivity contribution in [2.24, 2.45) is 5.92 Å². The van der Waals surface area contributed by atoms with Crippen LogP contribution >= 0.6 is 0 Å². The summed E-state index contributed by atoms with van der Waals surface area (Å²) >= 11 is 0. The summed E-state index contributed by atoms with van der Waals surface area (Å²) in [6, 6.07) is 12.0. The number of aromatic nitrogens is 2. The molecule has 5 nitrogen and oxygen atoms in total. The predicted molar refractivity (Wildman–Crippen MR) is 76.2 cm³/mol. The molecule has 1 aromatic carbocycles. The van der Waals surface area contributed by atoms with E-state index in [1.54, 1.807) is 12.1 Å². The molecule has 2 aliphatic rings. The van der Waals surface area contributed by atoms with E-state index in [0.29, 0.717) is 23.4 Å². The van der Waals surface area contributed by atoms with Crippen molar-refractivity contribution in [1.29, 1.82) is 0 Å². The monoisotopic (exact) mass is 281 g/mol. The third-order valence-electron chi connectivity index (χ3n) is 4.42. The third kappa shape index (κ3) is 1.96. The molecule has 1 amide bonds. The highest BCUT2D eigenvalue weighted by Crippen LogP contribution is 2.56. The fourth-order valence-corrected chi connectivity index (χ4v) is 3.32. The molecule has 0 unspecified atom stereocenters. The SMILES string of the molecule is COc1ccc(C(=O)N[C@@H]2[C@H]3Cc4ccccc4[C@H]32)nn1. The number of hydrogen-bond donors (Lipinski definition) is 1. The molecule has 2 aliphatic carbocycles. The molecule has 0 radical (unpaired) electrons. The van der Waals surface area contributed by atoms with E-state index in [-0.39, 0.29) is 11.9 Å². The van der Waals surface area contributed by atoms with Crippen LogP contribution < -0.4 is 10.1 Å². The van der Waals surface area contributed by atoms with Gasteiger partial charge in [0.15, 0.2) is 5.69 Å². The highest BCUT2D eigenvalue weighted by atomic mass is 16.5. The maximum Gasteiger partial charge on any atom is 0.272 e. The molecule has 2 aromatic rings. The van der Waals surface area contributed by atoms with Crippen molar-refractivity contribution in [3.05, 3.63) is 53.2 Å². The molecule has 3 atom stereocenters. The molecular formula is C16H15N3O2. The molecular weight excluding hydrogens is 266 g/mol. The summed E-state index contributed by atoms with van der Waals surface area (Å²) in [4.78, 5) is 12.2. The summed E-state index contributed by atoms with van der Waals surface area (Å²) in [5.41, 5.74) is 3.13. The quantitative estimate of drug-likeness (QED) is 0.927. The summed E-state index contributed by atoms with van der Waals surface area (Å²) in [5.74, 6) is 1.25. The zero-order chi connectivity index (χ0) is 14.4. The van der Waals surface area contributed by atoms with Gasteiger partial charge in [-0.25, -0.2) is 0 Å². The van der Waals surface area contributed by atoms with E-state index >= 15 is 0 Å². The largest absolute Gasteiger partial charge is 0.480 e. The molecule has 0 aliphatic heterocycles. The van der Waals surface area contributed by atoms with Gasteiger partial charge < -0.3 is 10.1 Å². The second kappa shape index (κ2) is 4.55. The van der Waals surface area contributed by atoms with Gasteiger partial charge in [0.1, 0.15) is 0 Å². The molecule has 1 aromatic heterocycles. The third-order valence-corrected chi connectivity index (χ3v) is 4.42. The number of ether oxygens (including phenoxy) is 1. The summed E-state index contributed by atoms with van der Waals surface area (Å²) in [5, 5.41) is 10.8. The van der Waals surface area contributed by atoms with Crippen LogP contribution in [0.1, 0.15) is 27.5 Å². The standard InChI is InChI=1S/C16H15N3O2/c1-21-13-7-6-12(18-19-13)16(20)17-15-11-8-9-4-2-3-5-10(9)14(11)15/h2-7,11,14-15H,8H2,1H3,(H,17,20)/t11-,14+,15+/m0/s1. The van der Waals surface area contributed by atoms with Crippen LogP contribution in [0.4, 0.5) is 0 Å². The number of nitrogens with zero attached hydrogens (tertiary/aromatic N) is 2. The Kier molecular flexibility index (Phi) is 2.67. The molecule has 0 saturated heterocycles. The zero-order valence-corrected chi connectivity index (χ0v) is 11.6. The predicted octanol–water partition coefficient (Wildman–Crippen LogP) is 1.55. The number of nitrogens with one attached hydrogen (secondary N) is 1. The molecule has 21 heavy (non-hydrogen) atoms. The van der Waals surface area contributed by atoms with E-state index in [2.05, 4.69) is 39.8 Å². The summed E-state index contributed by atoms with van der Waals surface area (Å²) in [6.45, 7) is 0. The van der Waals surface area contributed by atoms with Crippen molar-refractivity contribution in [3.63, 3.8) is 0 Å². The second-order valence-electron chi connectivity index (χ2n) is 5.55. The highest BCUT2D eigenvalue weighted by Gasteiger charge is 2.56. The van der Waals surface area contributed by atoms with Gasteiger partial charge in [-0.3, -0.25) is 4.79 Å². The van der Waals surface area contributed by atoms with Crippen LogP contribution in [0.2, 0.25) is 0 Å².